The second kappa shape index (κ2) is 6.66. The molecule has 0 radical (unpaired) electrons. The van der Waals surface area contributed by atoms with Crippen LogP contribution in [0.2, 0.25) is 5.02 Å². The number of hydrogen-bond donors (Lipinski definition) is 2. The molecule has 0 aliphatic carbocycles. The summed E-state index contributed by atoms with van der Waals surface area (Å²) in [6.07, 6.45) is 0. The minimum absolute atomic E-state index is 0.298. The molecule has 6 heteroatoms. The number of rotatable bonds is 5. The summed E-state index contributed by atoms with van der Waals surface area (Å²) in [5.74, 6) is -2.31. The van der Waals surface area contributed by atoms with Gasteiger partial charge in [0.15, 0.2) is 0 Å². The first-order valence-corrected chi connectivity index (χ1v) is 5.95. The highest BCUT2D eigenvalue weighted by Gasteiger charge is 2.14. The average molecular weight is 277 g/mol. The van der Waals surface area contributed by atoms with Crippen molar-refractivity contribution in [1.82, 2.24) is 10.6 Å². The van der Waals surface area contributed by atoms with E-state index in [1.807, 2.05) is 13.8 Å². The van der Waals surface area contributed by atoms with Crippen LogP contribution in [0.15, 0.2) is 12.1 Å². The minimum atomic E-state index is -0.837. The molecule has 100 valence electrons. The maximum absolute atomic E-state index is 13.4. The fourth-order valence-corrected chi connectivity index (χ4v) is 1.48. The second-order valence-corrected chi connectivity index (χ2v) is 4.52. The van der Waals surface area contributed by atoms with Gasteiger partial charge < -0.3 is 10.6 Å². The normalized spacial score (nSPS) is 10.8. The van der Waals surface area contributed by atoms with Crippen molar-refractivity contribution in [2.75, 3.05) is 13.1 Å². The van der Waals surface area contributed by atoms with Crippen molar-refractivity contribution in [3.05, 3.63) is 34.4 Å². The zero-order valence-electron chi connectivity index (χ0n) is 10.2. The highest BCUT2D eigenvalue weighted by Crippen LogP contribution is 2.19. The highest BCUT2D eigenvalue weighted by atomic mass is 35.5. The Labute approximate surface area is 110 Å². The third-order valence-corrected chi connectivity index (χ3v) is 2.51. The number of amides is 1. The summed E-state index contributed by atoms with van der Waals surface area (Å²) in [5, 5.41) is 5.23. The van der Waals surface area contributed by atoms with Gasteiger partial charge in [-0.1, -0.05) is 25.4 Å². The molecule has 0 aliphatic rings. The number of carbonyl (C=O) groups is 1. The van der Waals surface area contributed by atoms with Crippen molar-refractivity contribution in [2.24, 2.45) is 0 Å². The number of hydrogen-bond acceptors (Lipinski definition) is 2. The molecule has 0 unspecified atom stereocenters. The van der Waals surface area contributed by atoms with Crippen molar-refractivity contribution in [3.8, 4) is 0 Å². The van der Waals surface area contributed by atoms with Gasteiger partial charge in [0.25, 0.3) is 5.91 Å². The van der Waals surface area contributed by atoms with Crippen LogP contribution in [0.5, 0.6) is 0 Å². The molecule has 0 spiro atoms. The van der Waals surface area contributed by atoms with Crippen LogP contribution in [-0.2, 0) is 0 Å². The zero-order valence-corrected chi connectivity index (χ0v) is 10.9. The van der Waals surface area contributed by atoms with Gasteiger partial charge in [-0.15, -0.1) is 0 Å². The zero-order chi connectivity index (χ0) is 13.7. The van der Waals surface area contributed by atoms with Crippen molar-refractivity contribution < 1.29 is 13.6 Å². The van der Waals surface area contributed by atoms with Crippen molar-refractivity contribution >= 4 is 17.5 Å². The van der Waals surface area contributed by atoms with Crippen LogP contribution in [0.4, 0.5) is 8.78 Å². The van der Waals surface area contributed by atoms with Gasteiger partial charge in [0.1, 0.15) is 11.6 Å². The van der Waals surface area contributed by atoms with E-state index in [0.717, 1.165) is 12.1 Å². The van der Waals surface area contributed by atoms with Gasteiger partial charge in [-0.05, 0) is 12.1 Å². The molecule has 2 N–H and O–H groups in total. The van der Waals surface area contributed by atoms with Crippen LogP contribution >= 0.6 is 11.6 Å². The van der Waals surface area contributed by atoms with Crippen LogP contribution < -0.4 is 10.6 Å². The number of nitrogens with one attached hydrogen (secondary N) is 2. The van der Waals surface area contributed by atoms with Crippen LogP contribution in [0.1, 0.15) is 24.2 Å². The fourth-order valence-electron chi connectivity index (χ4n) is 1.33. The average Bonchev–Trinajstić information content (AvgIpc) is 2.28. The third kappa shape index (κ3) is 4.23. The Morgan fingerprint density at radius 3 is 2.56 bits per heavy atom. The molecule has 1 aromatic rings. The van der Waals surface area contributed by atoms with E-state index >= 15 is 0 Å². The van der Waals surface area contributed by atoms with Gasteiger partial charge in [0.05, 0.1) is 10.6 Å². The maximum Gasteiger partial charge on any atom is 0.254 e. The summed E-state index contributed by atoms with van der Waals surface area (Å²) in [6, 6.07) is 1.88. The van der Waals surface area contributed by atoms with E-state index in [-0.39, 0.29) is 10.6 Å². The molecule has 1 aromatic carbocycles. The minimum Gasteiger partial charge on any atom is -0.351 e. The van der Waals surface area contributed by atoms with Crippen LogP contribution in [0.3, 0.4) is 0 Å². The lowest BCUT2D eigenvalue weighted by atomic mass is 10.2. The summed E-state index contributed by atoms with van der Waals surface area (Å²) < 4.78 is 26.5. The first kappa shape index (κ1) is 14.9. The SMILES string of the molecule is CC(C)NCCNC(=O)c1cc(F)c(Cl)cc1F. The first-order valence-electron chi connectivity index (χ1n) is 5.58. The molecular weight excluding hydrogens is 262 g/mol. The first-order chi connectivity index (χ1) is 8.41. The molecule has 0 bridgehead atoms. The largest absolute Gasteiger partial charge is 0.351 e. The van der Waals surface area contributed by atoms with E-state index in [4.69, 9.17) is 11.6 Å². The molecule has 0 heterocycles. The van der Waals surface area contributed by atoms with Gasteiger partial charge in [-0.25, -0.2) is 8.78 Å². The van der Waals surface area contributed by atoms with Gasteiger partial charge >= 0.3 is 0 Å². The lowest BCUT2D eigenvalue weighted by Crippen LogP contribution is -2.35. The molecule has 1 amide bonds. The summed E-state index contributed by atoms with van der Waals surface area (Å²) >= 11 is 5.40. The highest BCUT2D eigenvalue weighted by molar-refractivity contribution is 6.30. The lowest BCUT2D eigenvalue weighted by Gasteiger charge is -2.09. The molecule has 0 saturated heterocycles. The molecule has 0 fully saturated rings. The Kier molecular flexibility index (Phi) is 5.50. The van der Waals surface area contributed by atoms with Gasteiger partial charge in [0, 0.05) is 19.1 Å². The monoisotopic (exact) mass is 276 g/mol. The summed E-state index contributed by atoms with van der Waals surface area (Å²) in [5.41, 5.74) is -0.346. The van der Waals surface area contributed by atoms with Crippen LogP contribution in [0.25, 0.3) is 0 Å². The predicted molar refractivity (Wildman–Crippen MR) is 66.8 cm³/mol. The predicted octanol–water partition coefficient (Wildman–Crippen LogP) is 2.35. The van der Waals surface area contributed by atoms with Crippen molar-refractivity contribution in [2.45, 2.75) is 19.9 Å². The third-order valence-electron chi connectivity index (χ3n) is 2.22. The summed E-state index contributed by atoms with van der Waals surface area (Å²) in [6.45, 7) is 4.83. The summed E-state index contributed by atoms with van der Waals surface area (Å²) in [7, 11) is 0. The van der Waals surface area contributed by atoms with Crippen molar-refractivity contribution in [1.29, 1.82) is 0 Å². The smallest absolute Gasteiger partial charge is 0.254 e. The van der Waals surface area contributed by atoms with E-state index < -0.39 is 17.5 Å². The Balaban J connectivity index is 2.59. The van der Waals surface area contributed by atoms with E-state index in [1.165, 1.54) is 0 Å². The molecule has 0 atom stereocenters. The molecule has 1 rings (SSSR count). The fraction of sp³-hybridized carbons (Fsp3) is 0.417. The van der Waals surface area contributed by atoms with Crippen LogP contribution in [0, 0.1) is 11.6 Å². The number of benzene rings is 1. The van der Waals surface area contributed by atoms with Crippen molar-refractivity contribution in [3.63, 3.8) is 0 Å². The molecule has 0 aromatic heterocycles. The Hall–Kier alpha value is -1.20. The maximum atomic E-state index is 13.4. The molecular formula is C12H15ClF2N2O. The standard InChI is InChI=1S/C12H15ClF2N2O/c1-7(2)16-3-4-17-12(18)8-5-11(15)9(13)6-10(8)14/h5-7,16H,3-4H2,1-2H3,(H,17,18). The molecule has 0 saturated carbocycles. The molecule has 3 nitrogen and oxygen atoms in total. The van der Waals surface area contributed by atoms with Crippen LogP contribution in [-0.4, -0.2) is 25.0 Å². The van der Waals surface area contributed by atoms with E-state index in [2.05, 4.69) is 10.6 Å². The summed E-state index contributed by atoms with van der Waals surface area (Å²) in [4.78, 5) is 11.6. The van der Waals surface area contributed by atoms with Gasteiger partial charge in [-0.3, -0.25) is 4.79 Å². The topological polar surface area (TPSA) is 41.1 Å². The molecule has 18 heavy (non-hydrogen) atoms. The van der Waals surface area contributed by atoms with Gasteiger partial charge in [-0.2, -0.15) is 0 Å². The quantitative estimate of drug-likeness (QED) is 0.640. The Bertz CT molecular complexity index is 438. The molecule has 0 aliphatic heterocycles. The number of halogens is 3. The number of carbonyl (C=O) groups excluding carboxylic acids is 1. The lowest BCUT2D eigenvalue weighted by molar-refractivity contribution is 0.0949. The van der Waals surface area contributed by atoms with Gasteiger partial charge in [0.2, 0.25) is 0 Å². The Morgan fingerprint density at radius 1 is 1.28 bits per heavy atom. The second-order valence-electron chi connectivity index (χ2n) is 4.11. The van der Waals surface area contributed by atoms with E-state index in [9.17, 15) is 13.6 Å². The van der Waals surface area contributed by atoms with E-state index in [1.54, 1.807) is 0 Å². The Morgan fingerprint density at radius 2 is 1.94 bits per heavy atom. The van der Waals surface area contributed by atoms with E-state index in [0.29, 0.717) is 19.1 Å².